The number of halogens is 3. The van der Waals surface area contributed by atoms with Gasteiger partial charge in [0.05, 0.1) is 5.02 Å². The van der Waals surface area contributed by atoms with Gasteiger partial charge in [-0.25, -0.2) is 9.18 Å². The number of carbonyl (C=O) groups is 1. The molecule has 0 radical (unpaired) electrons. The van der Waals surface area contributed by atoms with Crippen LogP contribution in [0.3, 0.4) is 0 Å². The number of amides is 2. The minimum Gasteiger partial charge on any atom is -0.334 e. The van der Waals surface area contributed by atoms with E-state index in [0.717, 1.165) is 10.0 Å². The molecule has 0 heterocycles. The lowest BCUT2D eigenvalue weighted by molar-refractivity contribution is 0.251. The Bertz CT molecular complexity index is 636. The van der Waals surface area contributed by atoms with Gasteiger partial charge in [-0.05, 0) is 29.8 Å². The maximum Gasteiger partial charge on any atom is 0.319 e. The van der Waals surface area contributed by atoms with Gasteiger partial charge in [0.1, 0.15) is 5.82 Å². The summed E-state index contributed by atoms with van der Waals surface area (Å²) in [5, 5.41) is 5.25. The highest BCUT2D eigenvalue weighted by atomic mass is 79.9. The van der Waals surface area contributed by atoms with E-state index in [0.29, 0.717) is 12.2 Å². The van der Waals surface area contributed by atoms with Crippen LogP contribution in [0.2, 0.25) is 5.02 Å². The number of carbonyl (C=O) groups excluding carboxylic acids is 1. The molecule has 0 saturated carbocycles. The number of nitrogens with one attached hydrogen (secondary N) is 2. The molecule has 0 aliphatic carbocycles. The second kappa shape index (κ2) is 6.72. The summed E-state index contributed by atoms with van der Waals surface area (Å²) >= 11 is 9.04. The standard InChI is InChI=1S/C14H11BrClFN2O/c15-11-4-2-1-3-9(11)8-18-14(20)19-10-5-6-13(17)12(16)7-10/h1-7H,8H2,(H2,18,19,20). The molecule has 0 fully saturated rings. The van der Waals surface area contributed by atoms with Gasteiger partial charge in [0.25, 0.3) is 0 Å². The second-order valence-corrected chi connectivity index (χ2v) is 5.29. The van der Waals surface area contributed by atoms with E-state index in [1.807, 2.05) is 24.3 Å². The second-order valence-electron chi connectivity index (χ2n) is 4.03. The molecule has 104 valence electrons. The Balaban J connectivity index is 1.93. The van der Waals surface area contributed by atoms with Gasteiger partial charge in [0.2, 0.25) is 0 Å². The Morgan fingerprint density at radius 2 is 2.00 bits per heavy atom. The third-order valence-corrected chi connectivity index (χ3v) is 3.64. The highest BCUT2D eigenvalue weighted by Gasteiger charge is 2.05. The molecule has 0 aliphatic rings. The van der Waals surface area contributed by atoms with Crippen molar-refractivity contribution in [1.29, 1.82) is 0 Å². The normalized spacial score (nSPS) is 10.2. The Hall–Kier alpha value is -1.59. The number of rotatable bonds is 3. The highest BCUT2D eigenvalue weighted by molar-refractivity contribution is 9.10. The van der Waals surface area contributed by atoms with Crippen LogP contribution in [0.15, 0.2) is 46.9 Å². The van der Waals surface area contributed by atoms with Crippen molar-refractivity contribution in [3.05, 3.63) is 63.3 Å². The van der Waals surface area contributed by atoms with Gasteiger partial charge < -0.3 is 10.6 Å². The summed E-state index contributed by atoms with van der Waals surface area (Å²) in [5.74, 6) is -0.522. The van der Waals surface area contributed by atoms with E-state index in [1.54, 1.807) is 0 Å². The Morgan fingerprint density at radius 1 is 1.25 bits per heavy atom. The van der Waals surface area contributed by atoms with Gasteiger partial charge in [-0.15, -0.1) is 0 Å². The maximum absolute atomic E-state index is 13.0. The minimum atomic E-state index is -0.522. The molecule has 0 spiro atoms. The SMILES string of the molecule is O=C(NCc1ccccc1Br)Nc1ccc(F)c(Cl)c1. The topological polar surface area (TPSA) is 41.1 Å². The molecule has 0 unspecified atom stereocenters. The average Bonchev–Trinajstić information content (AvgIpc) is 2.42. The van der Waals surface area contributed by atoms with E-state index < -0.39 is 5.82 Å². The Kier molecular flexibility index (Phi) is 4.98. The molecular weight excluding hydrogens is 347 g/mol. The summed E-state index contributed by atoms with van der Waals surface area (Å²) in [6.45, 7) is 0.377. The summed E-state index contributed by atoms with van der Waals surface area (Å²) in [7, 11) is 0. The monoisotopic (exact) mass is 356 g/mol. The fourth-order valence-corrected chi connectivity index (χ4v) is 2.17. The molecule has 6 heteroatoms. The largest absolute Gasteiger partial charge is 0.334 e. The highest BCUT2D eigenvalue weighted by Crippen LogP contribution is 2.19. The van der Waals surface area contributed by atoms with Crippen LogP contribution < -0.4 is 10.6 Å². The summed E-state index contributed by atoms with van der Waals surface area (Å²) < 4.78 is 13.9. The van der Waals surface area contributed by atoms with Crippen molar-refractivity contribution in [2.45, 2.75) is 6.54 Å². The first-order valence-electron chi connectivity index (χ1n) is 5.79. The van der Waals surface area contributed by atoms with E-state index in [9.17, 15) is 9.18 Å². The van der Waals surface area contributed by atoms with Crippen molar-refractivity contribution in [2.75, 3.05) is 5.32 Å². The van der Waals surface area contributed by atoms with Crippen LogP contribution >= 0.6 is 27.5 Å². The van der Waals surface area contributed by atoms with Crippen LogP contribution in [0, 0.1) is 5.82 Å². The quantitative estimate of drug-likeness (QED) is 0.830. The van der Waals surface area contributed by atoms with Crippen molar-refractivity contribution < 1.29 is 9.18 Å². The lowest BCUT2D eigenvalue weighted by atomic mass is 10.2. The van der Waals surface area contributed by atoms with Crippen molar-refractivity contribution in [3.8, 4) is 0 Å². The van der Waals surface area contributed by atoms with E-state index >= 15 is 0 Å². The van der Waals surface area contributed by atoms with Crippen molar-refractivity contribution in [1.82, 2.24) is 5.32 Å². The lowest BCUT2D eigenvalue weighted by Gasteiger charge is -2.09. The predicted molar refractivity (Wildman–Crippen MR) is 81.4 cm³/mol. The number of urea groups is 1. The molecular formula is C14H11BrClFN2O. The first kappa shape index (κ1) is 14.8. The predicted octanol–water partition coefficient (Wildman–Crippen LogP) is 4.56. The fourth-order valence-electron chi connectivity index (χ4n) is 1.57. The molecule has 0 aliphatic heterocycles. The van der Waals surface area contributed by atoms with Gasteiger partial charge in [0, 0.05) is 16.7 Å². The zero-order valence-corrected chi connectivity index (χ0v) is 12.6. The maximum atomic E-state index is 13.0. The Morgan fingerprint density at radius 3 is 2.70 bits per heavy atom. The van der Waals surface area contributed by atoms with Crippen molar-refractivity contribution in [2.24, 2.45) is 0 Å². The summed E-state index contributed by atoms with van der Waals surface area (Å²) in [6.07, 6.45) is 0. The lowest BCUT2D eigenvalue weighted by Crippen LogP contribution is -2.28. The number of hydrogen-bond donors (Lipinski definition) is 2. The van der Waals surface area contributed by atoms with Crippen LogP contribution in [0.25, 0.3) is 0 Å². The first-order chi connectivity index (χ1) is 9.56. The summed E-state index contributed by atoms with van der Waals surface area (Å²) in [4.78, 5) is 11.7. The van der Waals surface area contributed by atoms with Gasteiger partial charge in [-0.1, -0.05) is 45.7 Å². The van der Waals surface area contributed by atoms with Crippen molar-refractivity contribution >= 4 is 39.2 Å². The van der Waals surface area contributed by atoms with Gasteiger partial charge >= 0.3 is 6.03 Å². The average molecular weight is 358 g/mol. The number of anilines is 1. The molecule has 0 atom stereocenters. The zero-order chi connectivity index (χ0) is 14.5. The van der Waals surface area contributed by atoms with Crippen LogP contribution in [0.1, 0.15) is 5.56 Å². The van der Waals surface area contributed by atoms with E-state index in [1.165, 1.54) is 18.2 Å². The molecule has 0 saturated heterocycles. The van der Waals surface area contributed by atoms with Crippen LogP contribution in [-0.4, -0.2) is 6.03 Å². The smallest absolute Gasteiger partial charge is 0.319 e. The number of benzene rings is 2. The molecule has 0 aromatic heterocycles. The molecule has 20 heavy (non-hydrogen) atoms. The molecule has 0 bridgehead atoms. The third kappa shape index (κ3) is 3.95. The molecule has 2 aromatic carbocycles. The summed E-state index contributed by atoms with van der Waals surface area (Å²) in [5.41, 5.74) is 1.39. The molecule has 2 amide bonds. The number of hydrogen-bond acceptors (Lipinski definition) is 1. The van der Waals surface area contributed by atoms with Crippen molar-refractivity contribution in [3.63, 3.8) is 0 Å². The van der Waals surface area contributed by atoms with E-state index in [2.05, 4.69) is 26.6 Å². The van der Waals surface area contributed by atoms with Gasteiger partial charge in [-0.2, -0.15) is 0 Å². The van der Waals surface area contributed by atoms with Crippen LogP contribution in [0.5, 0.6) is 0 Å². The summed E-state index contributed by atoms with van der Waals surface area (Å²) in [6, 6.07) is 11.2. The van der Waals surface area contributed by atoms with E-state index in [-0.39, 0.29) is 11.1 Å². The van der Waals surface area contributed by atoms with Crippen LogP contribution in [0.4, 0.5) is 14.9 Å². The molecule has 2 aromatic rings. The third-order valence-electron chi connectivity index (χ3n) is 2.57. The molecule has 3 nitrogen and oxygen atoms in total. The Labute approximate surface area is 129 Å². The molecule has 2 rings (SSSR count). The zero-order valence-electron chi connectivity index (χ0n) is 10.3. The van der Waals surface area contributed by atoms with E-state index in [4.69, 9.17) is 11.6 Å². The first-order valence-corrected chi connectivity index (χ1v) is 6.96. The molecule has 2 N–H and O–H groups in total. The minimum absolute atomic E-state index is 0.0337. The fraction of sp³-hybridized carbons (Fsp3) is 0.0714. The van der Waals surface area contributed by atoms with Gasteiger partial charge in [-0.3, -0.25) is 0 Å². The van der Waals surface area contributed by atoms with Gasteiger partial charge in [0.15, 0.2) is 0 Å². The van der Waals surface area contributed by atoms with Crippen LogP contribution in [-0.2, 0) is 6.54 Å².